The molecule has 33 heavy (non-hydrogen) atoms. The molecule has 9 heteroatoms. The number of hydrogen-bond acceptors (Lipinski definition) is 6. The van der Waals surface area contributed by atoms with E-state index in [2.05, 4.69) is 14.7 Å². The van der Waals surface area contributed by atoms with Gasteiger partial charge in [0.2, 0.25) is 0 Å². The van der Waals surface area contributed by atoms with E-state index in [-0.39, 0.29) is 17.4 Å². The number of pyridine rings is 2. The number of piperidine rings is 1. The van der Waals surface area contributed by atoms with E-state index in [1.165, 1.54) is 6.07 Å². The first kappa shape index (κ1) is 22.7. The van der Waals surface area contributed by atoms with Crippen LogP contribution in [0.3, 0.4) is 0 Å². The minimum absolute atomic E-state index is 0.148. The predicted molar refractivity (Wildman–Crippen MR) is 127 cm³/mol. The summed E-state index contributed by atoms with van der Waals surface area (Å²) >= 11 is 0. The molecule has 1 unspecified atom stereocenters. The molecule has 3 aromatic rings. The minimum Gasteiger partial charge on any atom is -0.481 e. The maximum atomic E-state index is 13.1. The maximum Gasteiger partial charge on any atom is 0.311 e. The van der Waals surface area contributed by atoms with Crippen molar-refractivity contribution < 1.29 is 18.3 Å². The van der Waals surface area contributed by atoms with Crippen LogP contribution in [0.15, 0.2) is 65.7 Å². The Morgan fingerprint density at radius 3 is 2.58 bits per heavy atom. The number of aryl methyl sites for hydroxylation is 1. The number of hydrogen-bond donors (Lipinski definition) is 2. The molecular weight excluding hydrogens is 440 g/mol. The second kappa shape index (κ2) is 8.82. The van der Waals surface area contributed by atoms with Gasteiger partial charge in [-0.3, -0.25) is 9.52 Å². The summed E-state index contributed by atoms with van der Waals surface area (Å²) in [4.78, 5) is 22.3. The average molecular weight is 467 g/mol. The van der Waals surface area contributed by atoms with Crippen LogP contribution in [0.2, 0.25) is 0 Å². The molecule has 1 saturated heterocycles. The summed E-state index contributed by atoms with van der Waals surface area (Å²) < 4.78 is 28.6. The molecular formula is C24H26N4O4S. The van der Waals surface area contributed by atoms with Crippen LogP contribution in [0, 0.1) is 12.3 Å². The zero-order chi connectivity index (χ0) is 23.6. The fraction of sp³-hybridized carbons (Fsp3) is 0.292. The second-order valence-corrected chi connectivity index (χ2v) is 10.2. The summed E-state index contributed by atoms with van der Waals surface area (Å²) in [5.74, 6) is -0.233. The van der Waals surface area contributed by atoms with Crippen molar-refractivity contribution in [2.45, 2.75) is 31.7 Å². The monoisotopic (exact) mass is 466 g/mol. The first-order chi connectivity index (χ1) is 15.7. The summed E-state index contributed by atoms with van der Waals surface area (Å²) in [5, 5.41) is 9.42. The Balaban J connectivity index is 1.58. The number of nitrogens with zero attached hydrogens (tertiary/aromatic N) is 3. The second-order valence-electron chi connectivity index (χ2n) is 8.55. The molecule has 1 aromatic carbocycles. The zero-order valence-corrected chi connectivity index (χ0v) is 19.3. The molecule has 0 aliphatic carbocycles. The van der Waals surface area contributed by atoms with Gasteiger partial charge >= 0.3 is 5.97 Å². The standard InChI is InChI=1S/C24H26N4O4S/c1-17-8-3-4-9-18(17)19-10-5-11-20(25-19)27-33(31,32)22-13-6-12-21(26-22)28-15-7-14-24(2,16-28)23(29)30/h3-6,8-13H,7,14-16H2,1-2H3,(H,25,27)(H,29,30). The number of carbonyl (C=O) groups is 1. The molecule has 1 aliphatic heterocycles. The van der Waals surface area contributed by atoms with Gasteiger partial charge in [0, 0.05) is 18.7 Å². The van der Waals surface area contributed by atoms with Gasteiger partial charge in [-0.05, 0) is 56.5 Å². The van der Waals surface area contributed by atoms with Crippen LogP contribution in [-0.2, 0) is 14.8 Å². The Kier molecular flexibility index (Phi) is 6.07. The fourth-order valence-corrected chi connectivity index (χ4v) is 5.00. The maximum absolute atomic E-state index is 13.1. The number of sulfonamides is 1. The topological polar surface area (TPSA) is 112 Å². The van der Waals surface area contributed by atoms with Crippen LogP contribution in [0.4, 0.5) is 11.6 Å². The lowest BCUT2D eigenvalue weighted by molar-refractivity contribution is -0.148. The summed E-state index contributed by atoms with van der Waals surface area (Å²) in [6.07, 6.45) is 1.26. The minimum atomic E-state index is -4.00. The molecule has 0 saturated carbocycles. The van der Waals surface area contributed by atoms with Gasteiger partial charge in [-0.15, -0.1) is 0 Å². The smallest absolute Gasteiger partial charge is 0.311 e. The third-order valence-electron chi connectivity index (χ3n) is 5.93. The van der Waals surface area contributed by atoms with Crippen LogP contribution in [0.25, 0.3) is 11.3 Å². The van der Waals surface area contributed by atoms with Crippen molar-refractivity contribution >= 4 is 27.6 Å². The van der Waals surface area contributed by atoms with Crippen molar-refractivity contribution in [1.29, 1.82) is 0 Å². The van der Waals surface area contributed by atoms with Gasteiger partial charge in [-0.25, -0.2) is 9.97 Å². The third-order valence-corrected chi connectivity index (χ3v) is 7.19. The number of benzene rings is 1. The summed E-state index contributed by atoms with van der Waals surface area (Å²) in [5.41, 5.74) is 1.73. The van der Waals surface area contributed by atoms with E-state index in [4.69, 9.17) is 0 Å². The van der Waals surface area contributed by atoms with Crippen LogP contribution in [0.1, 0.15) is 25.3 Å². The first-order valence-electron chi connectivity index (χ1n) is 10.7. The van der Waals surface area contributed by atoms with Crippen molar-refractivity contribution in [3.8, 4) is 11.3 Å². The molecule has 3 heterocycles. The number of carboxylic acid groups (broad SMARTS) is 1. The number of rotatable bonds is 6. The number of carboxylic acids is 1. The highest BCUT2D eigenvalue weighted by atomic mass is 32.2. The lowest BCUT2D eigenvalue weighted by Gasteiger charge is -2.38. The summed E-state index contributed by atoms with van der Waals surface area (Å²) in [7, 11) is -4.00. The summed E-state index contributed by atoms with van der Waals surface area (Å²) in [6, 6.07) is 17.6. The Labute approximate surface area is 193 Å². The van der Waals surface area contributed by atoms with Crippen LogP contribution < -0.4 is 9.62 Å². The molecule has 0 amide bonds. The molecule has 1 fully saturated rings. The molecule has 1 atom stereocenters. The van der Waals surface area contributed by atoms with E-state index >= 15 is 0 Å². The Morgan fingerprint density at radius 1 is 1.06 bits per heavy atom. The molecule has 4 rings (SSSR count). The van der Waals surface area contributed by atoms with Gasteiger partial charge in [0.15, 0.2) is 5.03 Å². The van der Waals surface area contributed by atoms with Crippen molar-refractivity contribution in [3.63, 3.8) is 0 Å². The lowest BCUT2D eigenvalue weighted by Crippen LogP contribution is -2.46. The number of nitrogens with one attached hydrogen (secondary N) is 1. The van der Waals surface area contributed by atoms with E-state index < -0.39 is 21.4 Å². The highest BCUT2D eigenvalue weighted by Gasteiger charge is 2.38. The van der Waals surface area contributed by atoms with Gasteiger partial charge in [0.25, 0.3) is 10.0 Å². The molecule has 8 nitrogen and oxygen atoms in total. The van der Waals surface area contributed by atoms with E-state index in [9.17, 15) is 18.3 Å². The first-order valence-corrected chi connectivity index (χ1v) is 12.2. The quantitative estimate of drug-likeness (QED) is 0.566. The molecule has 1 aliphatic rings. The van der Waals surface area contributed by atoms with Gasteiger partial charge in [-0.1, -0.05) is 36.4 Å². The van der Waals surface area contributed by atoms with Crippen molar-refractivity contribution in [3.05, 3.63) is 66.2 Å². The van der Waals surface area contributed by atoms with E-state index in [1.54, 1.807) is 31.2 Å². The highest BCUT2D eigenvalue weighted by Crippen LogP contribution is 2.32. The largest absolute Gasteiger partial charge is 0.481 e. The number of aromatic nitrogens is 2. The summed E-state index contributed by atoms with van der Waals surface area (Å²) in [6.45, 7) is 4.56. The van der Waals surface area contributed by atoms with Gasteiger partial charge in [0.05, 0.1) is 11.1 Å². The van der Waals surface area contributed by atoms with Crippen LogP contribution in [0.5, 0.6) is 0 Å². The van der Waals surface area contributed by atoms with E-state index in [0.29, 0.717) is 30.9 Å². The Morgan fingerprint density at radius 2 is 1.82 bits per heavy atom. The molecule has 0 spiro atoms. The van der Waals surface area contributed by atoms with Crippen molar-refractivity contribution in [1.82, 2.24) is 9.97 Å². The van der Waals surface area contributed by atoms with Crippen LogP contribution >= 0.6 is 0 Å². The van der Waals surface area contributed by atoms with Crippen molar-refractivity contribution in [2.24, 2.45) is 5.41 Å². The number of anilines is 2. The molecule has 2 N–H and O–H groups in total. The SMILES string of the molecule is Cc1ccccc1-c1cccc(NS(=O)(=O)c2cccc(N3CCCC(C)(C(=O)O)C3)n2)n1. The van der Waals surface area contributed by atoms with Crippen LogP contribution in [-0.4, -0.2) is 42.6 Å². The highest BCUT2D eigenvalue weighted by molar-refractivity contribution is 7.92. The number of aliphatic carboxylic acids is 1. The predicted octanol–water partition coefficient (Wildman–Crippen LogP) is 3.94. The van der Waals surface area contributed by atoms with E-state index in [1.807, 2.05) is 42.2 Å². The van der Waals surface area contributed by atoms with E-state index in [0.717, 1.165) is 11.1 Å². The average Bonchev–Trinajstić information content (AvgIpc) is 2.79. The molecule has 172 valence electrons. The Hall–Kier alpha value is -3.46. The Bertz CT molecular complexity index is 1290. The van der Waals surface area contributed by atoms with Gasteiger partial charge < -0.3 is 10.0 Å². The molecule has 0 radical (unpaired) electrons. The van der Waals surface area contributed by atoms with Gasteiger partial charge in [-0.2, -0.15) is 8.42 Å². The van der Waals surface area contributed by atoms with Gasteiger partial charge in [0.1, 0.15) is 11.6 Å². The molecule has 2 aromatic heterocycles. The zero-order valence-electron chi connectivity index (χ0n) is 18.5. The normalized spacial score (nSPS) is 18.7. The fourth-order valence-electron chi connectivity index (χ4n) is 4.03. The lowest BCUT2D eigenvalue weighted by atomic mass is 9.82. The third kappa shape index (κ3) is 4.83. The van der Waals surface area contributed by atoms with Crippen molar-refractivity contribution in [2.75, 3.05) is 22.7 Å². The molecule has 0 bridgehead atoms.